The molecule has 0 fully saturated rings. The topological polar surface area (TPSA) is 142 Å². The highest BCUT2D eigenvalue weighted by Crippen LogP contribution is 2.16. The minimum atomic E-state index is -1.11. The summed E-state index contributed by atoms with van der Waals surface area (Å²) in [5.74, 6) is -0.948. The predicted molar refractivity (Wildman–Crippen MR) is 151 cm³/mol. The third-order valence-electron chi connectivity index (χ3n) is 6.28. The molecule has 236 valence electrons. The highest BCUT2D eigenvalue weighted by molar-refractivity contribution is 5.89. The van der Waals surface area contributed by atoms with E-state index < -0.39 is 24.2 Å². The second kappa shape index (κ2) is 19.9. The monoisotopic (exact) mass is 604 g/mol. The standard InChI is InChI=1S/C31H40O12/c1-22(2)24-12-16-26(17-13-24)28(32)38-42-40-30(34)36-20-10-8-6-5-7-9-11-21-37-31(35)41-43-39-29(33)27-18-14-25(15-19-27)23(3)4/h12-19,22-23H,5-11,20-21H2,1-4H3. The fraction of sp³-hybridized carbons (Fsp3) is 0.484. The lowest BCUT2D eigenvalue weighted by molar-refractivity contribution is -0.452. The summed E-state index contributed by atoms with van der Waals surface area (Å²) in [4.78, 5) is 64.2. The number of benzene rings is 2. The second-order valence-electron chi connectivity index (χ2n) is 10.3. The van der Waals surface area contributed by atoms with E-state index in [9.17, 15) is 19.2 Å². The van der Waals surface area contributed by atoms with Crippen molar-refractivity contribution in [3.05, 3.63) is 70.8 Å². The first-order valence-electron chi connectivity index (χ1n) is 14.3. The fourth-order valence-corrected chi connectivity index (χ4v) is 3.70. The van der Waals surface area contributed by atoms with Crippen LogP contribution in [-0.2, 0) is 39.1 Å². The maximum absolute atomic E-state index is 11.9. The molecular formula is C31H40O12. The Morgan fingerprint density at radius 1 is 0.488 bits per heavy atom. The van der Waals surface area contributed by atoms with Gasteiger partial charge in [0.25, 0.3) is 0 Å². The SMILES string of the molecule is CC(C)c1ccc(C(=O)OOOC(=O)OCCCCCCCCCOC(=O)OOOC(=O)c2ccc(C(C)C)cc2)cc1. The zero-order valence-corrected chi connectivity index (χ0v) is 25.0. The summed E-state index contributed by atoms with van der Waals surface area (Å²) in [7, 11) is 0. The zero-order valence-electron chi connectivity index (χ0n) is 25.0. The molecule has 43 heavy (non-hydrogen) atoms. The summed E-state index contributed by atoms with van der Waals surface area (Å²) in [6.45, 7) is 8.40. The Labute approximate surface area is 251 Å². The lowest BCUT2D eigenvalue weighted by Crippen LogP contribution is -2.12. The lowest BCUT2D eigenvalue weighted by Gasteiger charge is -2.07. The minimum Gasteiger partial charge on any atom is -0.432 e. The highest BCUT2D eigenvalue weighted by atomic mass is 17.5. The van der Waals surface area contributed by atoms with Gasteiger partial charge in [0.05, 0.1) is 34.4 Å². The van der Waals surface area contributed by atoms with Crippen LogP contribution in [0.25, 0.3) is 0 Å². The molecule has 0 atom stereocenters. The van der Waals surface area contributed by atoms with Crippen LogP contribution in [0.2, 0.25) is 0 Å². The molecule has 0 aliphatic carbocycles. The molecule has 0 saturated carbocycles. The first-order valence-corrected chi connectivity index (χ1v) is 14.3. The van der Waals surface area contributed by atoms with Crippen LogP contribution < -0.4 is 0 Å². The largest absolute Gasteiger partial charge is 0.543 e. The van der Waals surface area contributed by atoms with E-state index >= 15 is 0 Å². The van der Waals surface area contributed by atoms with E-state index in [1.807, 2.05) is 27.7 Å². The van der Waals surface area contributed by atoms with Gasteiger partial charge in [-0.15, -0.1) is 0 Å². The van der Waals surface area contributed by atoms with Gasteiger partial charge >= 0.3 is 24.2 Å². The van der Waals surface area contributed by atoms with Gasteiger partial charge in [-0.05, 0) is 60.1 Å². The number of carbonyl (C=O) groups excluding carboxylic acids is 4. The maximum Gasteiger partial charge on any atom is 0.543 e. The van der Waals surface area contributed by atoms with Gasteiger partial charge in [-0.25, -0.2) is 29.0 Å². The summed E-state index contributed by atoms with van der Waals surface area (Å²) in [5.41, 5.74) is 2.65. The molecule has 12 heteroatoms. The summed E-state index contributed by atoms with van der Waals surface area (Å²) < 4.78 is 9.71. The van der Waals surface area contributed by atoms with Crippen molar-refractivity contribution in [2.75, 3.05) is 13.2 Å². The molecule has 0 heterocycles. The summed E-state index contributed by atoms with van der Waals surface area (Å²) >= 11 is 0. The van der Waals surface area contributed by atoms with Gasteiger partial charge < -0.3 is 9.47 Å². The van der Waals surface area contributed by atoms with Crippen LogP contribution in [0.1, 0.15) is 116 Å². The van der Waals surface area contributed by atoms with Crippen LogP contribution in [0.15, 0.2) is 48.5 Å². The van der Waals surface area contributed by atoms with Gasteiger partial charge in [-0.1, -0.05) is 84.1 Å². The number of carbonyl (C=O) groups is 4. The van der Waals surface area contributed by atoms with Gasteiger partial charge in [0, 0.05) is 0 Å². The van der Waals surface area contributed by atoms with Crippen molar-refractivity contribution in [3.8, 4) is 0 Å². The molecule has 0 saturated heterocycles. The molecule has 12 nitrogen and oxygen atoms in total. The Morgan fingerprint density at radius 3 is 1.14 bits per heavy atom. The first kappa shape index (κ1) is 35.0. The molecular weight excluding hydrogens is 564 g/mol. The van der Waals surface area contributed by atoms with Crippen LogP contribution in [0.5, 0.6) is 0 Å². The molecule has 0 spiro atoms. The van der Waals surface area contributed by atoms with Crippen molar-refractivity contribution in [2.24, 2.45) is 0 Å². The first-order chi connectivity index (χ1) is 20.7. The highest BCUT2D eigenvalue weighted by Gasteiger charge is 2.14. The van der Waals surface area contributed by atoms with Gasteiger partial charge in [-0.3, -0.25) is 9.78 Å². The average Bonchev–Trinajstić information content (AvgIpc) is 2.99. The maximum atomic E-state index is 11.9. The van der Waals surface area contributed by atoms with Crippen LogP contribution in [-0.4, -0.2) is 37.5 Å². The number of hydrogen-bond acceptors (Lipinski definition) is 12. The van der Waals surface area contributed by atoms with Gasteiger partial charge in [-0.2, -0.15) is 0 Å². The van der Waals surface area contributed by atoms with Gasteiger partial charge in [0.1, 0.15) is 0 Å². The van der Waals surface area contributed by atoms with E-state index in [1.165, 1.54) is 0 Å². The molecule has 0 aliphatic rings. The number of ether oxygens (including phenoxy) is 2. The second-order valence-corrected chi connectivity index (χ2v) is 10.3. The smallest absolute Gasteiger partial charge is 0.432 e. The average molecular weight is 605 g/mol. The number of hydrogen-bond donors (Lipinski definition) is 0. The van der Waals surface area contributed by atoms with Crippen molar-refractivity contribution in [2.45, 2.75) is 84.5 Å². The van der Waals surface area contributed by atoms with Gasteiger partial charge in [0.15, 0.2) is 0 Å². The van der Waals surface area contributed by atoms with Crippen LogP contribution in [0.4, 0.5) is 9.59 Å². The molecule has 0 unspecified atom stereocenters. The van der Waals surface area contributed by atoms with Gasteiger partial charge in [0.2, 0.25) is 0 Å². The van der Waals surface area contributed by atoms with E-state index in [2.05, 4.69) is 29.6 Å². The molecule has 2 aromatic carbocycles. The van der Waals surface area contributed by atoms with Crippen molar-refractivity contribution in [1.29, 1.82) is 0 Å². The number of rotatable bonds is 18. The predicted octanol–water partition coefficient (Wildman–Crippen LogP) is 7.68. The van der Waals surface area contributed by atoms with Crippen molar-refractivity contribution < 1.29 is 58.3 Å². The normalized spacial score (nSPS) is 10.7. The minimum absolute atomic E-state index is 0.130. The van der Waals surface area contributed by atoms with Crippen molar-refractivity contribution in [1.82, 2.24) is 0 Å². The van der Waals surface area contributed by atoms with E-state index in [1.54, 1.807) is 48.5 Å². The van der Waals surface area contributed by atoms with E-state index in [0.717, 1.165) is 43.2 Å². The Morgan fingerprint density at radius 2 is 0.814 bits per heavy atom. The van der Waals surface area contributed by atoms with Crippen LogP contribution in [0, 0.1) is 0 Å². The molecule has 0 bridgehead atoms. The molecule has 2 aromatic rings. The molecule has 0 aliphatic heterocycles. The Hall–Kier alpha value is -4.16. The lowest BCUT2D eigenvalue weighted by atomic mass is 10.0. The quantitative estimate of drug-likeness (QED) is 0.0712. The van der Waals surface area contributed by atoms with E-state index in [4.69, 9.17) is 9.47 Å². The van der Waals surface area contributed by atoms with E-state index in [0.29, 0.717) is 24.7 Å². The fourth-order valence-electron chi connectivity index (χ4n) is 3.70. The Kier molecular flexibility index (Phi) is 16.2. The zero-order chi connectivity index (χ0) is 31.5. The summed E-state index contributed by atoms with van der Waals surface area (Å²) in [6.07, 6.45) is 3.48. The van der Waals surface area contributed by atoms with Crippen LogP contribution in [0.3, 0.4) is 0 Å². The van der Waals surface area contributed by atoms with Crippen molar-refractivity contribution >= 4 is 24.2 Å². The molecule has 2 rings (SSSR count). The third kappa shape index (κ3) is 14.5. The molecule has 0 amide bonds. The summed E-state index contributed by atoms with van der Waals surface area (Å²) in [6, 6.07) is 13.6. The van der Waals surface area contributed by atoms with E-state index in [-0.39, 0.29) is 24.3 Å². The molecule has 0 radical (unpaired) electrons. The molecule has 0 aromatic heterocycles. The van der Waals surface area contributed by atoms with Crippen LogP contribution >= 0.6 is 0 Å². The van der Waals surface area contributed by atoms with Crippen molar-refractivity contribution in [3.63, 3.8) is 0 Å². The molecule has 0 N–H and O–H groups in total. The Bertz CT molecular complexity index is 1040. The third-order valence-corrected chi connectivity index (χ3v) is 6.28. The Balaban J connectivity index is 1.38. The number of unbranched alkanes of at least 4 members (excludes halogenated alkanes) is 6. The summed E-state index contributed by atoms with van der Waals surface area (Å²) in [5, 5.41) is 8.42.